The van der Waals surface area contributed by atoms with Gasteiger partial charge in [0.1, 0.15) is 0 Å². The molecule has 0 fully saturated rings. The van der Waals surface area contributed by atoms with Crippen LogP contribution in [-0.4, -0.2) is 29.9 Å². The van der Waals surface area contributed by atoms with Gasteiger partial charge in [0, 0.05) is 24.5 Å². The van der Waals surface area contributed by atoms with Crippen LogP contribution in [0.3, 0.4) is 0 Å². The summed E-state index contributed by atoms with van der Waals surface area (Å²) in [5.74, 6) is -0.0928. The number of amides is 1. The molecule has 0 aliphatic heterocycles. The van der Waals surface area contributed by atoms with Crippen LogP contribution in [-0.2, 0) is 6.54 Å². The molecule has 132 valence electrons. The Hall–Kier alpha value is -2.98. The zero-order chi connectivity index (χ0) is 18.4. The van der Waals surface area contributed by atoms with Crippen molar-refractivity contribution in [3.63, 3.8) is 0 Å². The van der Waals surface area contributed by atoms with Gasteiger partial charge in [0.05, 0.1) is 6.04 Å². The van der Waals surface area contributed by atoms with Crippen molar-refractivity contribution in [2.45, 2.75) is 12.6 Å². The van der Waals surface area contributed by atoms with Gasteiger partial charge in [-0.15, -0.1) is 0 Å². The predicted molar refractivity (Wildman–Crippen MR) is 104 cm³/mol. The lowest BCUT2D eigenvalue weighted by Crippen LogP contribution is -2.29. The maximum Gasteiger partial charge on any atom is 0.252 e. The lowest BCUT2D eigenvalue weighted by molar-refractivity contribution is 0.0943. The molecule has 3 rings (SSSR count). The topological polar surface area (TPSA) is 45.2 Å². The normalized spacial score (nSPS) is 12.0. The molecule has 1 amide bonds. The summed E-state index contributed by atoms with van der Waals surface area (Å²) in [6.07, 6.45) is 3.49. The van der Waals surface area contributed by atoms with Gasteiger partial charge in [-0.25, -0.2) is 0 Å². The molecule has 2 aromatic carbocycles. The first kappa shape index (κ1) is 17.8. The first-order chi connectivity index (χ1) is 12.6. The number of nitrogens with one attached hydrogen (secondary N) is 1. The molecule has 0 aliphatic rings. The van der Waals surface area contributed by atoms with E-state index in [0.29, 0.717) is 5.56 Å². The van der Waals surface area contributed by atoms with E-state index >= 15 is 0 Å². The van der Waals surface area contributed by atoms with Crippen LogP contribution in [0.1, 0.15) is 33.1 Å². The van der Waals surface area contributed by atoms with Crippen molar-refractivity contribution < 1.29 is 4.79 Å². The van der Waals surface area contributed by atoms with E-state index in [4.69, 9.17) is 0 Å². The largest absolute Gasteiger partial charge is 0.341 e. The molecule has 1 N–H and O–H groups in total. The number of rotatable bonds is 6. The zero-order valence-electron chi connectivity index (χ0n) is 15.1. The van der Waals surface area contributed by atoms with Crippen LogP contribution in [0, 0.1) is 0 Å². The number of carbonyl (C=O) groups is 1. The second-order valence-corrected chi connectivity index (χ2v) is 6.53. The summed E-state index contributed by atoms with van der Waals surface area (Å²) in [5, 5.41) is 3.15. The monoisotopic (exact) mass is 345 g/mol. The lowest BCUT2D eigenvalue weighted by Gasteiger charge is -2.20. The maximum atomic E-state index is 12.7. The standard InChI is InChI=1S/C22H23N3O/c1-25(2)16-17-8-10-18(11-9-17)21(19-12-14-23-15-13-19)24-22(26)20-6-4-3-5-7-20/h3-15,21H,16H2,1-2H3,(H,24,26). The third-order valence-corrected chi connectivity index (χ3v) is 4.16. The number of hydrogen-bond acceptors (Lipinski definition) is 3. The quantitative estimate of drug-likeness (QED) is 0.741. The van der Waals surface area contributed by atoms with Crippen LogP contribution in [0.15, 0.2) is 79.1 Å². The van der Waals surface area contributed by atoms with Crippen LogP contribution in [0.4, 0.5) is 0 Å². The van der Waals surface area contributed by atoms with Gasteiger partial charge in [-0.3, -0.25) is 9.78 Å². The summed E-state index contributed by atoms with van der Waals surface area (Å²) >= 11 is 0. The van der Waals surface area contributed by atoms with Gasteiger partial charge in [-0.2, -0.15) is 0 Å². The smallest absolute Gasteiger partial charge is 0.252 e. The minimum Gasteiger partial charge on any atom is -0.341 e. The van der Waals surface area contributed by atoms with E-state index in [1.807, 2.05) is 56.6 Å². The van der Waals surface area contributed by atoms with Gasteiger partial charge < -0.3 is 10.2 Å². The number of hydrogen-bond donors (Lipinski definition) is 1. The second-order valence-electron chi connectivity index (χ2n) is 6.53. The molecule has 4 heteroatoms. The van der Waals surface area contributed by atoms with Crippen molar-refractivity contribution in [1.29, 1.82) is 0 Å². The van der Waals surface area contributed by atoms with E-state index in [-0.39, 0.29) is 11.9 Å². The number of carbonyl (C=O) groups excluding carboxylic acids is 1. The molecular formula is C22H23N3O. The minimum atomic E-state index is -0.223. The molecule has 0 spiro atoms. The highest BCUT2D eigenvalue weighted by molar-refractivity contribution is 5.94. The van der Waals surface area contributed by atoms with Gasteiger partial charge in [-0.1, -0.05) is 42.5 Å². The van der Waals surface area contributed by atoms with Crippen molar-refractivity contribution in [3.05, 3.63) is 101 Å². The molecule has 1 atom stereocenters. The van der Waals surface area contributed by atoms with Crippen LogP contribution < -0.4 is 5.32 Å². The average molecular weight is 345 g/mol. The minimum absolute atomic E-state index is 0.0928. The van der Waals surface area contributed by atoms with Crippen LogP contribution in [0.2, 0.25) is 0 Å². The first-order valence-electron chi connectivity index (χ1n) is 8.63. The Balaban J connectivity index is 1.88. The Morgan fingerprint density at radius 1 is 0.923 bits per heavy atom. The molecule has 0 bridgehead atoms. The highest BCUT2D eigenvalue weighted by Crippen LogP contribution is 2.23. The predicted octanol–water partition coefficient (Wildman–Crippen LogP) is 3.66. The van der Waals surface area contributed by atoms with Gasteiger partial charge in [-0.05, 0) is 55.1 Å². The third-order valence-electron chi connectivity index (χ3n) is 4.16. The lowest BCUT2D eigenvalue weighted by atomic mass is 9.98. The summed E-state index contributed by atoms with van der Waals surface area (Å²) < 4.78 is 0. The van der Waals surface area contributed by atoms with Gasteiger partial charge in [0.2, 0.25) is 0 Å². The first-order valence-corrected chi connectivity index (χ1v) is 8.63. The third kappa shape index (κ3) is 4.55. The maximum absolute atomic E-state index is 12.7. The number of pyridine rings is 1. The zero-order valence-corrected chi connectivity index (χ0v) is 15.1. The molecule has 1 aromatic heterocycles. The second kappa shape index (κ2) is 8.41. The van der Waals surface area contributed by atoms with E-state index in [2.05, 4.69) is 39.5 Å². The summed E-state index contributed by atoms with van der Waals surface area (Å²) in [6.45, 7) is 0.885. The van der Waals surface area contributed by atoms with Gasteiger partial charge in [0.15, 0.2) is 0 Å². The van der Waals surface area contributed by atoms with Gasteiger partial charge >= 0.3 is 0 Å². The van der Waals surface area contributed by atoms with E-state index in [1.54, 1.807) is 12.4 Å². The Labute approximate surface area is 154 Å². The Bertz CT molecular complexity index is 830. The molecular weight excluding hydrogens is 322 g/mol. The fourth-order valence-electron chi connectivity index (χ4n) is 2.90. The van der Waals surface area contributed by atoms with Crippen molar-refractivity contribution in [1.82, 2.24) is 15.2 Å². The van der Waals surface area contributed by atoms with Crippen molar-refractivity contribution in [3.8, 4) is 0 Å². The summed E-state index contributed by atoms with van der Waals surface area (Å²) in [5.41, 5.74) is 3.94. The molecule has 26 heavy (non-hydrogen) atoms. The SMILES string of the molecule is CN(C)Cc1ccc(C(NC(=O)c2ccccc2)c2ccncc2)cc1. The molecule has 0 saturated carbocycles. The number of aromatic nitrogens is 1. The molecule has 0 radical (unpaired) electrons. The highest BCUT2D eigenvalue weighted by Gasteiger charge is 2.17. The van der Waals surface area contributed by atoms with Crippen molar-refractivity contribution >= 4 is 5.91 Å². The van der Waals surface area contributed by atoms with E-state index in [9.17, 15) is 4.79 Å². The summed E-state index contributed by atoms with van der Waals surface area (Å²) in [7, 11) is 4.10. The van der Waals surface area contributed by atoms with Crippen LogP contribution in [0.25, 0.3) is 0 Å². The average Bonchev–Trinajstić information content (AvgIpc) is 2.67. The summed E-state index contributed by atoms with van der Waals surface area (Å²) in [4.78, 5) is 18.9. The Morgan fingerprint density at radius 2 is 1.54 bits per heavy atom. The molecule has 0 aliphatic carbocycles. The van der Waals surface area contributed by atoms with E-state index in [1.165, 1.54) is 5.56 Å². The molecule has 1 heterocycles. The fraction of sp³-hybridized carbons (Fsp3) is 0.182. The number of benzene rings is 2. The molecule has 1 unspecified atom stereocenters. The van der Waals surface area contributed by atoms with Crippen molar-refractivity contribution in [2.24, 2.45) is 0 Å². The molecule has 0 saturated heterocycles. The Kier molecular flexibility index (Phi) is 5.77. The van der Waals surface area contributed by atoms with E-state index in [0.717, 1.165) is 17.7 Å². The number of nitrogens with zero attached hydrogens (tertiary/aromatic N) is 2. The van der Waals surface area contributed by atoms with E-state index < -0.39 is 0 Å². The molecule has 4 nitrogen and oxygen atoms in total. The van der Waals surface area contributed by atoms with Crippen LogP contribution in [0.5, 0.6) is 0 Å². The highest BCUT2D eigenvalue weighted by atomic mass is 16.1. The molecule has 3 aromatic rings. The summed E-state index contributed by atoms with van der Waals surface area (Å²) in [6, 6.07) is 21.3. The fourth-order valence-corrected chi connectivity index (χ4v) is 2.90. The van der Waals surface area contributed by atoms with Crippen molar-refractivity contribution in [2.75, 3.05) is 14.1 Å². The Morgan fingerprint density at radius 3 is 2.15 bits per heavy atom. The van der Waals surface area contributed by atoms with Crippen LogP contribution >= 0.6 is 0 Å². The van der Waals surface area contributed by atoms with Gasteiger partial charge in [0.25, 0.3) is 5.91 Å².